The fourth-order valence-corrected chi connectivity index (χ4v) is 5.60. The van der Waals surface area contributed by atoms with Gasteiger partial charge in [0.2, 0.25) is 0 Å². The summed E-state index contributed by atoms with van der Waals surface area (Å²) in [5, 5.41) is 6.11. The van der Waals surface area contributed by atoms with Crippen molar-refractivity contribution >= 4 is 39.0 Å². The number of hydrogen-bond acceptors (Lipinski definition) is 8. The van der Waals surface area contributed by atoms with Crippen LogP contribution in [0, 0.1) is 0 Å². The van der Waals surface area contributed by atoms with Crippen molar-refractivity contribution in [2.24, 2.45) is 0 Å². The van der Waals surface area contributed by atoms with E-state index in [0.29, 0.717) is 45.9 Å². The largest absolute Gasteiger partial charge is 0.493 e. The van der Waals surface area contributed by atoms with Crippen LogP contribution < -0.4 is 29.6 Å². The fraction of sp³-hybridized carbons (Fsp3) is 0.250. The SMILES string of the molecule is COc1ccc(CCNC(=O)C(=Cc2cn(S(=O)(=O)N(C)C)c3ccccc23)NC(=O)c2ccc(OC)c(OC)c2)cc1OC. The maximum Gasteiger partial charge on any atom is 0.307 e. The predicted octanol–water partition coefficient (Wildman–Crippen LogP) is 3.46. The number of ether oxygens (including phenoxy) is 4. The quantitative estimate of drug-likeness (QED) is 0.213. The highest BCUT2D eigenvalue weighted by atomic mass is 32.2. The van der Waals surface area contributed by atoms with E-state index in [2.05, 4.69) is 10.6 Å². The molecule has 4 rings (SSSR count). The van der Waals surface area contributed by atoms with Crippen LogP contribution in [0.1, 0.15) is 21.5 Å². The van der Waals surface area contributed by atoms with Crippen molar-refractivity contribution in [1.29, 1.82) is 0 Å². The summed E-state index contributed by atoms with van der Waals surface area (Å²) < 4.78 is 49.7. The third kappa shape index (κ3) is 7.21. The van der Waals surface area contributed by atoms with E-state index in [1.165, 1.54) is 46.7 Å². The van der Waals surface area contributed by atoms with Crippen molar-refractivity contribution in [3.05, 3.63) is 89.2 Å². The Kier molecular flexibility index (Phi) is 10.4. The van der Waals surface area contributed by atoms with E-state index in [1.54, 1.807) is 56.7 Å². The van der Waals surface area contributed by atoms with E-state index in [0.717, 1.165) is 13.8 Å². The smallest absolute Gasteiger partial charge is 0.307 e. The number of carbonyl (C=O) groups is 2. The van der Waals surface area contributed by atoms with Crippen LogP contribution in [0.4, 0.5) is 0 Å². The second-order valence-electron chi connectivity index (χ2n) is 9.96. The summed E-state index contributed by atoms with van der Waals surface area (Å²) in [5.74, 6) is 0.773. The monoisotopic (exact) mass is 636 g/mol. The first-order valence-electron chi connectivity index (χ1n) is 13.8. The lowest BCUT2D eigenvalue weighted by Crippen LogP contribution is -2.35. The highest BCUT2D eigenvalue weighted by molar-refractivity contribution is 7.87. The van der Waals surface area contributed by atoms with Crippen LogP contribution in [0.3, 0.4) is 0 Å². The number of methoxy groups -OCH3 is 4. The molecule has 0 aliphatic heterocycles. The van der Waals surface area contributed by atoms with Gasteiger partial charge in [-0.2, -0.15) is 12.7 Å². The molecule has 0 radical (unpaired) electrons. The molecule has 0 spiro atoms. The molecule has 2 amide bonds. The number of nitrogens with zero attached hydrogens (tertiary/aromatic N) is 2. The lowest BCUT2D eigenvalue weighted by molar-refractivity contribution is -0.117. The average molecular weight is 637 g/mol. The molecule has 0 aliphatic carbocycles. The maximum absolute atomic E-state index is 13.6. The molecule has 1 aromatic heterocycles. The van der Waals surface area contributed by atoms with Crippen LogP contribution in [0.25, 0.3) is 17.0 Å². The first-order chi connectivity index (χ1) is 21.5. The minimum absolute atomic E-state index is 0.0905. The molecule has 12 nitrogen and oxygen atoms in total. The van der Waals surface area contributed by atoms with E-state index < -0.39 is 22.0 Å². The number of fused-ring (bicyclic) bond motifs is 1. The van der Waals surface area contributed by atoms with Gasteiger partial charge in [0.05, 0.1) is 34.0 Å². The molecule has 45 heavy (non-hydrogen) atoms. The number of carbonyl (C=O) groups excluding carboxylic acids is 2. The lowest BCUT2D eigenvalue weighted by atomic mass is 10.1. The Bertz CT molecular complexity index is 1850. The molecular weight excluding hydrogens is 600 g/mol. The zero-order valence-electron chi connectivity index (χ0n) is 25.9. The summed E-state index contributed by atoms with van der Waals surface area (Å²) in [6.07, 6.45) is 3.33. The molecule has 0 saturated carbocycles. The summed E-state index contributed by atoms with van der Waals surface area (Å²) in [5.41, 5.74) is 1.84. The van der Waals surface area contributed by atoms with Gasteiger partial charge in [0, 0.05) is 43.4 Å². The molecule has 0 aliphatic rings. The van der Waals surface area contributed by atoms with Gasteiger partial charge in [-0.3, -0.25) is 9.59 Å². The van der Waals surface area contributed by atoms with Crippen LogP contribution in [0.5, 0.6) is 23.0 Å². The van der Waals surface area contributed by atoms with Crippen LogP contribution in [-0.4, -0.2) is 77.6 Å². The second kappa shape index (κ2) is 14.2. The fourth-order valence-electron chi connectivity index (χ4n) is 4.59. The normalized spacial score (nSPS) is 11.8. The highest BCUT2D eigenvalue weighted by Crippen LogP contribution is 2.29. The number of aromatic nitrogens is 1. The van der Waals surface area contributed by atoms with Crippen LogP contribution in [0.15, 0.2) is 72.6 Å². The van der Waals surface area contributed by atoms with Gasteiger partial charge in [-0.15, -0.1) is 0 Å². The molecule has 4 aromatic rings. The van der Waals surface area contributed by atoms with E-state index in [4.69, 9.17) is 18.9 Å². The third-order valence-corrected chi connectivity index (χ3v) is 8.73. The van der Waals surface area contributed by atoms with Gasteiger partial charge in [-0.1, -0.05) is 24.3 Å². The Morgan fingerprint density at radius 3 is 2.11 bits per heavy atom. The first kappa shape index (κ1) is 32.9. The minimum atomic E-state index is -3.89. The van der Waals surface area contributed by atoms with Gasteiger partial charge in [-0.05, 0) is 54.5 Å². The van der Waals surface area contributed by atoms with Crippen molar-refractivity contribution in [2.75, 3.05) is 49.1 Å². The van der Waals surface area contributed by atoms with E-state index in [1.807, 2.05) is 12.1 Å². The molecule has 3 aromatic carbocycles. The summed E-state index contributed by atoms with van der Waals surface area (Å²) in [4.78, 5) is 27.0. The lowest BCUT2D eigenvalue weighted by Gasteiger charge is -2.13. The number of para-hydroxylation sites is 1. The van der Waals surface area contributed by atoms with Crippen molar-refractivity contribution in [3.8, 4) is 23.0 Å². The topological polar surface area (TPSA) is 137 Å². The molecule has 1 heterocycles. The Balaban J connectivity index is 1.69. The number of rotatable bonds is 13. The molecule has 0 unspecified atom stereocenters. The molecule has 0 bridgehead atoms. The summed E-state index contributed by atoms with van der Waals surface area (Å²) in [6.45, 7) is 0.231. The van der Waals surface area contributed by atoms with Crippen LogP contribution in [-0.2, 0) is 21.4 Å². The molecule has 13 heteroatoms. The second-order valence-corrected chi connectivity index (χ2v) is 12.0. The Morgan fingerprint density at radius 1 is 0.844 bits per heavy atom. The Labute approximate surface area is 262 Å². The zero-order chi connectivity index (χ0) is 32.7. The predicted molar refractivity (Wildman–Crippen MR) is 171 cm³/mol. The average Bonchev–Trinajstić information content (AvgIpc) is 3.42. The molecule has 0 atom stereocenters. The Morgan fingerprint density at radius 2 is 1.47 bits per heavy atom. The first-order valence-corrected chi connectivity index (χ1v) is 15.2. The molecular formula is C32H36N4O8S. The van der Waals surface area contributed by atoms with Gasteiger partial charge in [0.25, 0.3) is 11.8 Å². The van der Waals surface area contributed by atoms with Gasteiger partial charge in [-0.25, -0.2) is 3.97 Å². The van der Waals surface area contributed by atoms with Gasteiger partial charge < -0.3 is 29.6 Å². The molecule has 0 saturated heterocycles. The number of hydrogen-bond donors (Lipinski definition) is 2. The van der Waals surface area contributed by atoms with E-state index in [9.17, 15) is 18.0 Å². The summed E-state index contributed by atoms with van der Waals surface area (Å²) in [7, 11) is 5.01. The third-order valence-electron chi connectivity index (χ3n) is 7.00. The van der Waals surface area contributed by atoms with E-state index in [-0.39, 0.29) is 17.8 Å². The van der Waals surface area contributed by atoms with Crippen molar-refractivity contribution < 1.29 is 37.0 Å². The van der Waals surface area contributed by atoms with Gasteiger partial charge in [0.15, 0.2) is 23.0 Å². The Hall–Kier alpha value is -5.01. The van der Waals surface area contributed by atoms with E-state index >= 15 is 0 Å². The summed E-state index contributed by atoms with van der Waals surface area (Å²) >= 11 is 0. The molecule has 2 N–H and O–H groups in total. The maximum atomic E-state index is 13.6. The van der Waals surface area contributed by atoms with Crippen molar-refractivity contribution in [1.82, 2.24) is 18.9 Å². The van der Waals surface area contributed by atoms with Crippen molar-refractivity contribution in [3.63, 3.8) is 0 Å². The zero-order valence-corrected chi connectivity index (χ0v) is 26.7. The minimum Gasteiger partial charge on any atom is -0.493 e. The number of nitrogens with one attached hydrogen (secondary N) is 2. The standard InChI is InChI=1S/C32H36N4O8S/c1-35(2)45(39,40)36-20-23(24-9-7-8-10-26(24)36)18-25(34-31(37)22-12-14-28(42-4)30(19-22)44-6)32(38)33-16-15-21-11-13-27(41-3)29(17-21)43-5/h7-14,17-20H,15-16H2,1-6H3,(H,33,38)(H,34,37). The number of amides is 2. The van der Waals surface area contributed by atoms with Crippen molar-refractivity contribution in [2.45, 2.75) is 6.42 Å². The van der Waals surface area contributed by atoms with Gasteiger partial charge >= 0.3 is 10.2 Å². The summed E-state index contributed by atoms with van der Waals surface area (Å²) in [6, 6.07) is 17.0. The van der Waals surface area contributed by atoms with Crippen LogP contribution in [0.2, 0.25) is 0 Å². The van der Waals surface area contributed by atoms with Gasteiger partial charge in [0.1, 0.15) is 5.70 Å². The molecule has 0 fully saturated rings. The number of benzene rings is 3. The highest BCUT2D eigenvalue weighted by Gasteiger charge is 2.22. The van der Waals surface area contributed by atoms with Crippen LogP contribution >= 0.6 is 0 Å². The molecule has 238 valence electrons.